The van der Waals surface area contributed by atoms with Gasteiger partial charge in [0.1, 0.15) is 11.5 Å². The van der Waals surface area contributed by atoms with Crippen molar-refractivity contribution in [2.75, 3.05) is 11.9 Å². The number of rotatable bonds is 3. The smallest absolute Gasteiger partial charge is 0.226 e. The Balaban J connectivity index is 1.65. The Labute approximate surface area is 110 Å². The Morgan fingerprint density at radius 3 is 3.11 bits per heavy atom. The maximum atomic E-state index is 11.9. The van der Waals surface area contributed by atoms with Gasteiger partial charge in [-0.15, -0.1) is 0 Å². The average molecular weight is 258 g/mol. The van der Waals surface area contributed by atoms with Crippen LogP contribution in [-0.4, -0.2) is 17.7 Å². The third-order valence-corrected chi connectivity index (χ3v) is 3.13. The van der Waals surface area contributed by atoms with Crippen LogP contribution in [0.5, 0.6) is 5.75 Å². The summed E-state index contributed by atoms with van der Waals surface area (Å²) in [4.78, 5) is 11.9. The van der Waals surface area contributed by atoms with Crippen molar-refractivity contribution in [1.29, 1.82) is 0 Å². The molecular weight excluding hydrogens is 244 g/mol. The van der Waals surface area contributed by atoms with E-state index in [0.29, 0.717) is 24.6 Å². The summed E-state index contributed by atoms with van der Waals surface area (Å²) in [5.41, 5.74) is 1.09. The molecule has 0 saturated carbocycles. The minimum absolute atomic E-state index is 0.0846. The molecule has 1 aliphatic heterocycles. The molecule has 0 saturated heterocycles. The predicted octanol–water partition coefficient (Wildman–Crippen LogP) is 2.49. The quantitative estimate of drug-likeness (QED) is 0.918. The van der Waals surface area contributed by atoms with Gasteiger partial charge in [-0.05, 0) is 13.0 Å². The number of benzene rings is 1. The van der Waals surface area contributed by atoms with Crippen LogP contribution in [0.1, 0.15) is 23.7 Å². The van der Waals surface area contributed by atoms with E-state index in [1.165, 1.54) is 0 Å². The summed E-state index contributed by atoms with van der Waals surface area (Å²) in [6.07, 6.45) is 0.378. The Morgan fingerprint density at radius 2 is 2.32 bits per heavy atom. The molecule has 98 valence electrons. The third kappa shape index (κ3) is 2.45. The highest BCUT2D eigenvalue weighted by Crippen LogP contribution is 2.35. The lowest BCUT2D eigenvalue weighted by molar-refractivity contribution is -0.116. The van der Waals surface area contributed by atoms with E-state index < -0.39 is 0 Å². The molecule has 2 heterocycles. The molecule has 19 heavy (non-hydrogen) atoms. The predicted molar refractivity (Wildman–Crippen MR) is 69.2 cm³/mol. The molecular formula is C14H14N2O3. The van der Waals surface area contributed by atoms with Crippen LogP contribution in [0.25, 0.3) is 0 Å². The number of hydrogen-bond acceptors (Lipinski definition) is 4. The summed E-state index contributed by atoms with van der Waals surface area (Å²) < 4.78 is 10.5. The molecule has 5 heteroatoms. The van der Waals surface area contributed by atoms with Gasteiger partial charge < -0.3 is 14.6 Å². The van der Waals surface area contributed by atoms with Crippen LogP contribution in [0.15, 0.2) is 34.9 Å². The fourth-order valence-electron chi connectivity index (χ4n) is 2.24. The van der Waals surface area contributed by atoms with Crippen LogP contribution in [0.4, 0.5) is 5.82 Å². The summed E-state index contributed by atoms with van der Waals surface area (Å²) in [6.45, 7) is 2.33. The number of carbonyl (C=O) groups excluding carboxylic acids is 1. The van der Waals surface area contributed by atoms with Crippen molar-refractivity contribution in [1.82, 2.24) is 5.16 Å². The summed E-state index contributed by atoms with van der Waals surface area (Å²) in [5, 5.41) is 6.46. The number of para-hydroxylation sites is 1. The highest BCUT2D eigenvalue weighted by molar-refractivity contribution is 5.90. The second-order valence-electron chi connectivity index (χ2n) is 4.62. The molecule has 0 bridgehead atoms. The van der Waals surface area contributed by atoms with Gasteiger partial charge >= 0.3 is 0 Å². The summed E-state index contributed by atoms with van der Waals surface area (Å²) >= 11 is 0. The molecule has 0 aliphatic carbocycles. The fourth-order valence-corrected chi connectivity index (χ4v) is 2.24. The van der Waals surface area contributed by atoms with E-state index in [1.807, 2.05) is 24.3 Å². The molecule has 0 spiro atoms. The van der Waals surface area contributed by atoms with Gasteiger partial charge in [0.05, 0.1) is 6.61 Å². The van der Waals surface area contributed by atoms with Gasteiger partial charge in [-0.3, -0.25) is 4.79 Å². The van der Waals surface area contributed by atoms with Gasteiger partial charge in [-0.25, -0.2) is 0 Å². The van der Waals surface area contributed by atoms with E-state index in [9.17, 15) is 4.79 Å². The first kappa shape index (κ1) is 11.8. The summed E-state index contributed by atoms with van der Waals surface area (Å²) in [5.74, 6) is 2.01. The van der Waals surface area contributed by atoms with Crippen LogP contribution in [-0.2, 0) is 4.79 Å². The number of amides is 1. The lowest BCUT2D eigenvalue weighted by Crippen LogP contribution is -2.16. The van der Waals surface area contributed by atoms with Crippen molar-refractivity contribution < 1.29 is 14.1 Å². The Morgan fingerprint density at radius 1 is 1.47 bits per heavy atom. The van der Waals surface area contributed by atoms with Crippen molar-refractivity contribution in [2.45, 2.75) is 19.3 Å². The van der Waals surface area contributed by atoms with E-state index in [2.05, 4.69) is 10.5 Å². The standard InChI is InChI=1S/C14H14N2O3/c1-9-6-13(16-19-9)15-14(17)7-10-8-18-12-5-3-2-4-11(10)12/h2-6,10H,7-8H2,1H3,(H,15,16,17). The molecule has 2 aromatic rings. The van der Waals surface area contributed by atoms with Crippen LogP contribution in [0.2, 0.25) is 0 Å². The average Bonchev–Trinajstić information content (AvgIpc) is 2.97. The largest absolute Gasteiger partial charge is 0.493 e. The zero-order valence-corrected chi connectivity index (χ0v) is 10.6. The minimum Gasteiger partial charge on any atom is -0.493 e. The SMILES string of the molecule is Cc1cc(NC(=O)CC2COc3ccccc32)no1. The maximum absolute atomic E-state index is 11.9. The molecule has 1 aromatic carbocycles. The molecule has 1 atom stereocenters. The van der Waals surface area contributed by atoms with Gasteiger partial charge in [0, 0.05) is 24.0 Å². The molecule has 3 rings (SSSR count). The van der Waals surface area contributed by atoms with Crippen LogP contribution in [0, 0.1) is 6.92 Å². The molecule has 1 N–H and O–H groups in total. The topological polar surface area (TPSA) is 64.4 Å². The first-order valence-electron chi connectivity index (χ1n) is 6.17. The van der Waals surface area contributed by atoms with E-state index in [0.717, 1.165) is 11.3 Å². The summed E-state index contributed by atoms with van der Waals surface area (Å²) in [7, 11) is 0. The van der Waals surface area contributed by atoms with E-state index in [1.54, 1.807) is 13.0 Å². The number of carbonyl (C=O) groups is 1. The molecule has 0 fully saturated rings. The van der Waals surface area contributed by atoms with Gasteiger partial charge in [0.15, 0.2) is 5.82 Å². The van der Waals surface area contributed by atoms with Gasteiger partial charge in [0.2, 0.25) is 5.91 Å². The van der Waals surface area contributed by atoms with Crippen molar-refractivity contribution in [2.24, 2.45) is 0 Å². The minimum atomic E-state index is -0.0846. The number of nitrogens with zero attached hydrogens (tertiary/aromatic N) is 1. The number of anilines is 1. The van der Waals surface area contributed by atoms with Crippen molar-refractivity contribution in [3.05, 3.63) is 41.7 Å². The maximum Gasteiger partial charge on any atom is 0.226 e. The Kier molecular flexibility index (Phi) is 2.95. The molecule has 1 amide bonds. The number of aromatic nitrogens is 1. The molecule has 5 nitrogen and oxygen atoms in total. The highest BCUT2D eigenvalue weighted by Gasteiger charge is 2.26. The van der Waals surface area contributed by atoms with Crippen LogP contribution in [0.3, 0.4) is 0 Å². The fraction of sp³-hybridized carbons (Fsp3) is 0.286. The second-order valence-corrected chi connectivity index (χ2v) is 4.62. The van der Waals surface area contributed by atoms with Crippen LogP contribution < -0.4 is 10.1 Å². The number of ether oxygens (including phenoxy) is 1. The van der Waals surface area contributed by atoms with E-state index in [4.69, 9.17) is 9.26 Å². The first-order chi connectivity index (χ1) is 9.22. The van der Waals surface area contributed by atoms with E-state index in [-0.39, 0.29) is 11.8 Å². The van der Waals surface area contributed by atoms with Gasteiger partial charge in [0.25, 0.3) is 0 Å². The monoisotopic (exact) mass is 258 g/mol. The highest BCUT2D eigenvalue weighted by atomic mass is 16.5. The lowest BCUT2D eigenvalue weighted by atomic mass is 9.98. The molecule has 1 aliphatic rings. The van der Waals surface area contributed by atoms with Crippen molar-refractivity contribution in [3.63, 3.8) is 0 Å². The normalized spacial score (nSPS) is 16.8. The molecule has 1 aromatic heterocycles. The number of fused-ring (bicyclic) bond motifs is 1. The lowest BCUT2D eigenvalue weighted by Gasteiger charge is -2.07. The zero-order valence-electron chi connectivity index (χ0n) is 10.6. The number of aryl methyl sites for hydroxylation is 1. The molecule has 1 unspecified atom stereocenters. The first-order valence-corrected chi connectivity index (χ1v) is 6.17. The third-order valence-electron chi connectivity index (χ3n) is 3.13. The molecule has 0 radical (unpaired) electrons. The number of hydrogen-bond donors (Lipinski definition) is 1. The van der Waals surface area contributed by atoms with E-state index >= 15 is 0 Å². The Bertz CT molecular complexity index is 606. The number of nitrogens with one attached hydrogen (secondary N) is 1. The van der Waals surface area contributed by atoms with Crippen molar-refractivity contribution >= 4 is 11.7 Å². The second kappa shape index (κ2) is 4.76. The zero-order chi connectivity index (χ0) is 13.2. The summed E-state index contributed by atoms with van der Waals surface area (Å²) in [6, 6.07) is 9.50. The van der Waals surface area contributed by atoms with Gasteiger partial charge in [-0.2, -0.15) is 0 Å². The van der Waals surface area contributed by atoms with Gasteiger partial charge in [-0.1, -0.05) is 23.4 Å². The Hall–Kier alpha value is -2.30. The van der Waals surface area contributed by atoms with Crippen molar-refractivity contribution in [3.8, 4) is 5.75 Å². The van der Waals surface area contributed by atoms with Crippen LogP contribution >= 0.6 is 0 Å².